The van der Waals surface area contributed by atoms with Crippen LogP contribution in [0.4, 0.5) is 17.6 Å². The summed E-state index contributed by atoms with van der Waals surface area (Å²) < 4.78 is 58.4. The summed E-state index contributed by atoms with van der Waals surface area (Å²) in [6.45, 7) is 0.235. The lowest BCUT2D eigenvalue weighted by Gasteiger charge is -2.13. The lowest BCUT2D eigenvalue weighted by molar-refractivity contribution is 0.267. The van der Waals surface area contributed by atoms with Gasteiger partial charge in [-0.15, -0.1) is 0 Å². The first kappa shape index (κ1) is 14.3. The van der Waals surface area contributed by atoms with E-state index < -0.39 is 47.1 Å². The van der Waals surface area contributed by atoms with Gasteiger partial charge in [0.05, 0.1) is 19.3 Å². The van der Waals surface area contributed by atoms with Crippen LogP contribution in [0, 0.1) is 34.6 Å². The van der Waals surface area contributed by atoms with Crippen molar-refractivity contribution in [2.75, 3.05) is 13.2 Å². The normalized spacial score (nSPS) is 12.1. The monoisotopic (exact) mass is 263 g/mol. The number of nitriles is 1. The summed E-state index contributed by atoms with van der Waals surface area (Å²) in [5, 5.41) is 17.3. The van der Waals surface area contributed by atoms with Gasteiger partial charge < -0.3 is 9.84 Å². The molecule has 0 aliphatic carbocycles. The molecule has 0 spiro atoms. The zero-order valence-corrected chi connectivity index (χ0v) is 9.31. The van der Waals surface area contributed by atoms with Crippen molar-refractivity contribution in [1.29, 1.82) is 5.26 Å². The highest BCUT2D eigenvalue weighted by Gasteiger charge is 2.30. The van der Waals surface area contributed by atoms with Crippen LogP contribution in [0.2, 0.25) is 0 Å². The number of nitrogens with zero attached hydrogens (tertiary/aromatic N) is 1. The summed E-state index contributed by atoms with van der Waals surface area (Å²) in [5.41, 5.74) is -1.14. The Balaban J connectivity index is 3.53. The number of benzene rings is 1. The molecule has 1 aromatic carbocycles. The van der Waals surface area contributed by atoms with Gasteiger partial charge in [-0.2, -0.15) is 14.0 Å². The summed E-state index contributed by atoms with van der Waals surface area (Å²) in [5.74, 6) is -9.79. The maximum absolute atomic E-state index is 13.5. The van der Waals surface area contributed by atoms with E-state index in [0.717, 1.165) is 0 Å². The molecule has 1 N–H and O–H groups in total. The first-order valence-electron chi connectivity index (χ1n) is 4.98. The molecule has 0 amide bonds. The Labute approximate surface area is 100 Å². The Morgan fingerprint density at radius 3 is 2.00 bits per heavy atom. The topological polar surface area (TPSA) is 53.2 Å². The third-order valence-corrected chi connectivity index (χ3v) is 2.23. The predicted molar refractivity (Wildman–Crippen MR) is 52.9 cm³/mol. The van der Waals surface area contributed by atoms with Crippen LogP contribution >= 0.6 is 0 Å². The van der Waals surface area contributed by atoms with E-state index in [-0.39, 0.29) is 6.61 Å². The summed E-state index contributed by atoms with van der Waals surface area (Å²) >= 11 is 0. The second-order valence-electron chi connectivity index (χ2n) is 3.30. The SMILES string of the molecule is CCOc1c(F)c(F)c(C(C#N)CO)c(F)c1F. The van der Waals surface area contributed by atoms with Gasteiger partial charge in [-0.05, 0) is 6.92 Å². The third kappa shape index (κ3) is 2.24. The molecule has 0 saturated heterocycles. The molecule has 0 aliphatic heterocycles. The van der Waals surface area contributed by atoms with Gasteiger partial charge in [0.15, 0.2) is 17.4 Å². The molecule has 3 nitrogen and oxygen atoms in total. The van der Waals surface area contributed by atoms with Gasteiger partial charge in [-0.25, -0.2) is 8.78 Å². The molecule has 18 heavy (non-hydrogen) atoms. The Hall–Kier alpha value is -1.81. The minimum absolute atomic E-state index is 0.187. The van der Waals surface area contributed by atoms with Gasteiger partial charge in [0, 0.05) is 5.56 Å². The first-order valence-corrected chi connectivity index (χ1v) is 4.98. The Bertz CT molecular complexity index is 470. The largest absolute Gasteiger partial charge is 0.488 e. The van der Waals surface area contributed by atoms with Gasteiger partial charge in [0.2, 0.25) is 11.6 Å². The number of ether oxygens (including phenoxy) is 1. The first-order chi connectivity index (χ1) is 8.49. The number of hydrogen-bond acceptors (Lipinski definition) is 3. The fourth-order valence-corrected chi connectivity index (χ4v) is 1.40. The predicted octanol–water partition coefficient (Wildman–Crippen LogP) is 2.24. The molecule has 1 rings (SSSR count). The van der Waals surface area contributed by atoms with Crippen LogP contribution in [0.3, 0.4) is 0 Å². The van der Waals surface area contributed by atoms with E-state index >= 15 is 0 Å². The summed E-state index contributed by atoms with van der Waals surface area (Å²) in [6.07, 6.45) is 0. The standard InChI is InChI=1S/C11H9F4NO2/c1-2-18-11-9(14)7(12)6(5(3-16)4-17)8(13)10(11)15/h5,17H,2,4H2,1H3. The van der Waals surface area contributed by atoms with E-state index in [1.165, 1.54) is 13.0 Å². The van der Waals surface area contributed by atoms with Crippen LogP contribution in [0.1, 0.15) is 18.4 Å². The second-order valence-corrected chi connectivity index (χ2v) is 3.30. The third-order valence-electron chi connectivity index (χ3n) is 2.23. The van der Waals surface area contributed by atoms with Gasteiger partial charge in [-0.1, -0.05) is 0 Å². The molecule has 0 bridgehead atoms. The van der Waals surface area contributed by atoms with Crippen LogP contribution in [0.15, 0.2) is 0 Å². The molecule has 0 radical (unpaired) electrons. The molecular formula is C11H9F4NO2. The van der Waals surface area contributed by atoms with E-state index in [2.05, 4.69) is 4.74 Å². The van der Waals surface area contributed by atoms with Gasteiger partial charge in [0.1, 0.15) is 5.92 Å². The minimum Gasteiger partial charge on any atom is -0.488 e. The van der Waals surface area contributed by atoms with E-state index in [0.29, 0.717) is 0 Å². The Morgan fingerprint density at radius 1 is 1.17 bits per heavy atom. The maximum atomic E-state index is 13.5. The van der Waals surface area contributed by atoms with Crippen molar-refractivity contribution in [1.82, 2.24) is 0 Å². The second kappa shape index (κ2) is 5.69. The highest BCUT2D eigenvalue weighted by atomic mass is 19.2. The van der Waals surface area contributed by atoms with Crippen molar-refractivity contribution >= 4 is 0 Å². The van der Waals surface area contributed by atoms with Gasteiger partial charge in [-0.3, -0.25) is 0 Å². The molecule has 7 heteroatoms. The molecule has 1 unspecified atom stereocenters. The quantitative estimate of drug-likeness (QED) is 0.669. The fourth-order valence-electron chi connectivity index (χ4n) is 1.40. The molecule has 0 saturated carbocycles. The number of hydrogen-bond donors (Lipinski definition) is 1. The number of rotatable bonds is 4. The van der Waals surface area contributed by atoms with Crippen molar-refractivity contribution in [3.8, 4) is 11.8 Å². The van der Waals surface area contributed by atoms with Gasteiger partial charge >= 0.3 is 0 Å². The summed E-state index contributed by atoms with van der Waals surface area (Å²) in [4.78, 5) is 0. The molecular weight excluding hydrogens is 254 g/mol. The Morgan fingerprint density at radius 2 is 1.67 bits per heavy atom. The van der Waals surface area contributed by atoms with Gasteiger partial charge in [0.25, 0.3) is 0 Å². The van der Waals surface area contributed by atoms with Crippen molar-refractivity contribution in [3.63, 3.8) is 0 Å². The average molecular weight is 263 g/mol. The van der Waals surface area contributed by atoms with Crippen LogP contribution in [0.5, 0.6) is 5.75 Å². The molecule has 0 fully saturated rings. The number of aliphatic hydroxyl groups excluding tert-OH is 1. The summed E-state index contributed by atoms with van der Waals surface area (Å²) in [7, 11) is 0. The van der Waals surface area contributed by atoms with E-state index in [4.69, 9.17) is 10.4 Å². The van der Waals surface area contributed by atoms with Crippen LogP contribution in [-0.4, -0.2) is 18.3 Å². The smallest absolute Gasteiger partial charge is 0.204 e. The lowest BCUT2D eigenvalue weighted by atomic mass is 9.99. The molecule has 1 atom stereocenters. The lowest BCUT2D eigenvalue weighted by Crippen LogP contribution is -2.13. The van der Waals surface area contributed by atoms with E-state index in [1.807, 2.05) is 0 Å². The molecule has 0 aliphatic rings. The number of aliphatic hydroxyl groups is 1. The highest BCUT2D eigenvalue weighted by molar-refractivity contribution is 5.38. The number of halogens is 4. The van der Waals surface area contributed by atoms with Crippen molar-refractivity contribution in [2.24, 2.45) is 0 Å². The Kier molecular flexibility index (Phi) is 4.50. The van der Waals surface area contributed by atoms with Crippen LogP contribution < -0.4 is 4.74 Å². The van der Waals surface area contributed by atoms with Crippen LogP contribution in [0.25, 0.3) is 0 Å². The molecule has 98 valence electrons. The maximum Gasteiger partial charge on any atom is 0.204 e. The van der Waals surface area contributed by atoms with Crippen molar-refractivity contribution in [3.05, 3.63) is 28.8 Å². The minimum atomic E-state index is -1.74. The zero-order chi connectivity index (χ0) is 13.9. The highest BCUT2D eigenvalue weighted by Crippen LogP contribution is 2.33. The fraction of sp³-hybridized carbons (Fsp3) is 0.364. The average Bonchev–Trinajstić information content (AvgIpc) is 2.37. The van der Waals surface area contributed by atoms with E-state index in [1.54, 1.807) is 0 Å². The summed E-state index contributed by atoms with van der Waals surface area (Å²) in [6, 6.07) is 1.35. The molecule has 1 aromatic rings. The van der Waals surface area contributed by atoms with Crippen molar-refractivity contribution < 1.29 is 27.4 Å². The van der Waals surface area contributed by atoms with E-state index in [9.17, 15) is 17.6 Å². The van der Waals surface area contributed by atoms with Crippen LogP contribution in [-0.2, 0) is 0 Å². The molecule has 0 aromatic heterocycles. The van der Waals surface area contributed by atoms with Crippen molar-refractivity contribution in [2.45, 2.75) is 12.8 Å². The molecule has 0 heterocycles. The zero-order valence-electron chi connectivity index (χ0n) is 9.31.